The van der Waals surface area contributed by atoms with Gasteiger partial charge in [-0.2, -0.15) is 0 Å². The zero-order valence-corrected chi connectivity index (χ0v) is 23.7. The van der Waals surface area contributed by atoms with Crippen LogP contribution in [0.5, 0.6) is 5.75 Å². The van der Waals surface area contributed by atoms with E-state index in [-0.39, 0.29) is 13.0 Å². The fraction of sp³-hybridized carbons (Fsp3) is 0.323. The zero-order chi connectivity index (χ0) is 29.4. The van der Waals surface area contributed by atoms with E-state index in [1.165, 1.54) is 12.0 Å². The van der Waals surface area contributed by atoms with Crippen molar-refractivity contribution < 1.29 is 28.6 Å². The van der Waals surface area contributed by atoms with E-state index in [0.717, 1.165) is 5.56 Å². The second kappa shape index (κ2) is 13.3. The van der Waals surface area contributed by atoms with Gasteiger partial charge in [0.25, 0.3) is 5.91 Å². The summed E-state index contributed by atoms with van der Waals surface area (Å²) in [7, 11) is 1.50. The van der Waals surface area contributed by atoms with Gasteiger partial charge >= 0.3 is 6.03 Å². The number of hydrogen-bond acceptors (Lipinski definition) is 6. The molecule has 0 saturated heterocycles. The number of anilines is 3. The molecule has 0 aliphatic carbocycles. The molecule has 3 aromatic carbocycles. The molecular weight excluding hydrogens is 524 g/mol. The van der Waals surface area contributed by atoms with E-state index in [4.69, 9.17) is 14.2 Å². The largest absolute Gasteiger partial charge is 0.495 e. The molecule has 1 unspecified atom stereocenters. The van der Waals surface area contributed by atoms with Crippen LogP contribution in [0.3, 0.4) is 0 Å². The van der Waals surface area contributed by atoms with Gasteiger partial charge in [0, 0.05) is 24.5 Å². The number of nitrogens with one attached hydrogen (secondary N) is 3. The number of urea groups is 1. The molecule has 0 bridgehead atoms. The highest BCUT2D eigenvalue weighted by molar-refractivity contribution is 6.13. The van der Waals surface area contributed by atoms with Gasteiger partial charge in [-0.05, 0) is 51.1 Å². The summed E-state index contributed by atoms with van der Waals surface area (Å²) in [4.78, 5) is 42.8. The Hall–Kier alpha value is -4.41. The highest BCUT2D eigenvalue weighted by Crippen LogP contribution is 2.43. The first kappa shape index (κ1) is 29.6. The number of benzene rings is 3. The first-order valence-corrected chi connectivity index (χ1v) is 13.5. The van der Waals surface area contributed by atoms with E-state index in [1.54, 1.807) is 60.7 Å². The van der Waals surface area contributed by atoms with Gasteiger partial charge in [0.2, 0.25) is 5.91 Å². The molecule has 0 saturated carbocycles. The van der Waals surface area contributed by atoms with E-state index in [9.17, 15) is 14.4 Å². The van der Waals surface area contributed by atoms with Crippen molar-refractivity contribution in [1.29, 1.82) is 0 Å². The number of rotatable bonds is 12. The first-order chi connectivity index (χ1) is 19.8. The van der Waals surface area contributed by atoms with Crippen molar-refractivity contribution in [2.45, 2.75) is 39.0 Å². The molecule has 3 aromatic rings. The van der Waals surface area contributed by atoms with Gasteiger partial charge in [0.05, 0.1) is 31.5 Å². The van der Waals surface area contributed by atoms with Crippen LogP contribution in [0.15, 0.2) is 72.8 Å². The number of nitrogens with zero attached hydrogens (tertiary/aromatic N) is 1. The Morgan fingerprint density at radius 3 is 2.24 bits per heavy atom. The van der Waals surface area contributed by atoms with E-state index in [1.807, 2.05) is 32.9 Å². The first-order valence-electron chi connectivity index (χ1n) is 13.5. The van der Waals surface area contributed by atoms with Crippen LogP contribution in [-0.2, 0) is 24.6 Å². The minimum absolute atomic E-state index is 0.0780. The molecule has 1 aliphatic rings. The Balaban J connectivity index is 1.70. The minimum Gasteiger partial charge on any atom is -0.495 e. The third kappa shape index (κ3) is 6.67. The minimum atomic E-state index is -1.71. The van der Waals surface area contributed by atoms with Crippen LogP contribution in [0, 0.1) is 6.92 Å². The number of hydrogen-bond donors (Lipinski definition) is 3. The van der Waals surface area contributed by atoms with E-state index >= 15 is 0 Å². The van der Waals surface area contributed by atoms with Crippen LogP contribution in [-0.4, -0.2) is 51.0 Å². The Morgan fingerprint density at radius 1 is 0.902 bits per heavy atom. The summed E-state index contributed by atoms with van der Waals surface area (Å²) in [5.41, 5.74) is 1.38. The van der Waals surface area contributed by atoms with Crippen LogP contribution in [0.1, 0.15) is 31.4 Å². The maximum Gasteiger partial charge on any atom is 0.320 e. The number of carbonyl (C=O) groups excluding carboxylic acids is 3. The summed E-state index contributed by atoms with van der Waals surface area (Å²) in [6.45, 7) is 6.49. The lowest BCUT2D eigenvalue weighted by Gasteiger charge is -2.30. The van der Waals surface area contributed by atoms with Crippen LogP contribution in [0.25, 0.3) is 0 Å². The van der Waals surface area contributed by atoms with Crippen molar-refractivity contribution in [1.82, 2.24) is 5.32 Å². The van der Waals surface area contributed by atoms with Crippen molar-refractivity contribution in [3.63, 3.8) is 0 Å². The molecule has 10 nitrogen and oxygen atoms in total. The number of aryl methyl sites for hydroxylation is 1. The Kier molecular flexibility index (Phi) is 9.59. The van der Waals surface area contributed by atoms with Gasteiger partial charge in [0.15, 0.2) is 11.8 Å². The summed E-state index contributed by atoms with van der Waals surface area (Å²) >= 11 is 0. The van der Waals surface area contributed by atoms with Gasteiger partial charge in [-0.1, -0.05) is 48.0 Å². The molecule has 4 rings (SSSR count). The molecule has 0 fully saturated rings. The maximum absolute atomic E-state index is 14.3. The summed E-state index contributed by atoms with van der Waals surface area (Å²) in [5, 5.41) is 8.47. The molecule has 3 N–H and O–H groups in total. The van der Waals surface area contributed by atoms with Crippen LogP contribution in [0.4, 0.5) is 21.9 Å². The normalized spacial score (nSPS) is 15.9. The van der Waals surface area contributed by atoms with Crippen molar-refractivity contribution in [2.75, 3.05) is 42.4 Å². The highest BCUT2D eigenvalue weighted by Gasteiger charge is 2.53. The molecule has 41 heavy (non-hydrogen) atoms. The topological polar surface area (TPSA) is 118 Å². The van der Waals surface area contributed by atoms with Crippen LogP contribution in [0.2, 0.25) is 0 Å². The summed E-state index contributed by atoms with van der Waals surface area (Å²) in [6.07, 6.45) is -1.04. The Bertz CT molecular complexity index is 1370. The standard InChI is InChI=1S/C31H36N4O6/c1-5-40-28(41-6-2)20-35-25-13-9-7-11-23(25)31(29(35)37,19-27(36)32-22-17-15-21(3)16-18-22)34-30(38)33-24-12-8-10-14-26(24)39-4/h7-18,28H,5-6,19-20H2,1-4H3,(H,32,36)(H2,33,34,38). The number of amides is 4. The molecule has 1 aliphatic heterocycles. The SMILES string of the molecule is CCOC(CN1C(=O)C(CC(=O)Nc2ccc(C)cc2)(NC(=O)Nc2ccccc2OC)c2ccccc21)OCC. The van der Waals surface area contributed by atoms with Gasteiger partial charge < -0.3 is 35.1 Å². The summed E-state index contributed by atoms with van der Waals surface area (Å²) in [5.74, 6) is -0.468. The molecule has 10 heteroatoms. The van der Waals surface area contributed by atoms with E-state index in [0.29, 0.717) is 41.6 Å². The predicted molar refractivity (Wildman–Crippen MR) is 157 cm³/mol. The number of ether oxygens (including phenoxy) is 3. The number of methoxy groups -OCH3 is 1. The van der Waals surface area contributed by atoms with Crippen molar-refractivity contribution in [2.24, 2.45) is 0 Å². The molecule has 216 valence electrons. The molecule has 0 spiro atoms. The monoisotopic (exact) mass is 560 g/mol. The molecule has 0 radical (unpaired) electrons. The predicted octanol–water partition coefficient (Wildman–Crippen LogP) is 4.80. The fourth-order valence-corrected chi connectivity index (χ4v) is 4.89. The molecular formula is C31H36N4O6. The van der Waals surface area contributed by atoms with Gasteiger partial charge in [-0.25, -0.2) is 4.79 Å². The lowest BCUT2D eigenvalue weighted by molar-refractivity contribution is -0.138. The van der Waals surface area contributed by atoms with Gasteiger partial charge in [0.1, 0.15) is 5.75 Å². The van der Waals surface area contributed by atoms with Crippen molar-refractivity contribution in [3.8, 4) is 5.75 Å². The Labute approximate surface area is 240 Å². The van der Waals surface area contributed by atoms with Crippen molar-refractivity contribution >= 4 is 34.9 Å². The number of carbonyl (C=O) groups is 3. The smallest absolute Gasteiger partial charge is 0.320 e. The average molecular weight is 561 g/mol. The second-order valence-electron chi connectivity index (χ2n) is 9.55. The molecule has 1 heterocycles. The molecule has 4 amide bonds. The number of para-hydroxylation sites is 3. The van der Waals surface area contributed by atoms with Crippen molar-refractivity contribution in [3.05, 3.63) is 83.9 Å². The third-order valence-corrected chi connectivity index (χ3v) is 6.74. The molecule has 0 aromatic heterocycles. The van der Waals surface area contributed by atoms with Crippen LogP contribution < -0.4 is 25.6 Å². The zero-order valence-electron chi connectivity index (χ0n) is 23.7. The average Bonchev–Trinajstić information content (AvgIpc) is 3.17. The maximum atomic E-state index is 14.3. The second-order valence-corrected chi connectivity index (χ2v) is 9.55. The van der Waals surface area contributed by atoms with Gasteiger partial charge in [-0.15, -0.1) is 0 Å². The number of fused-ring (bicyclic) bond motifs is 1. The quantitative estimate of drug-likeness (QED) is 0.274. The third-order valence-electron chi connectivity index (χ3n) is 6.74. The fourth-order valence-electron chi connectivity index (χ4n) is 4.89. The highest BCUT2D eigenvalue weighted by atomic mass is 16.7. The lowest BCUT2D eigenvalue weighted by Crippen LogP contribution is -2.56. The van der Waals surface area contributed by atoms with E-state index in [2.05, 4.69) is 16.0 Å². The Morgan fingerprint density at radius 2 is 1.56 bits per heavy atom. The lowest BCUT2D eigenvalue weighted by atomic mass is 9.87. The van der Waals surface area contributed by atoms with E-state index < -0.39 is 29.7 Å². The van der Waals surface area contributed by atoms with Crippen LogP contribution >= 0.6 is 0 Å². The summed E-state index contributed by atoms with van der Waals surface area (Å²) in [6, 6.07) is 20.7. The molecule has 1 atom stereocenters. The summed E-state index contributed by atoms with van der Waals surface area (Å²) < 4.78 is 16.8. The van der Waals surface area contributed by atoms with Gasteiger partial charge in [-0.3, -0.25) is 9.59 Å².